The number of hydrogen-bond donors (Lipinski definition) is 1. The molecule has 0 aliphatic carbocycles. The van der Waals surface area contributed by atoms with Gasteiger partial charge in [0.1, 0.15) is 11.8 Å². The molecule has 22 heavy (non-hydrogen) atoms. The van der Waals surface area contributed by atoms with Gasteiger partial charge in [0.2, 0.25) is 3.79 Å². The number of para-hydroxylation sites is 1. The van der Waals surface area contributed by atoms with Crippen LogP contribution in [0, 0.1) is 6.92 Å². The van der Waals surface area contributed by atoms with Crippen LogP contribution in [0.2, 0.25) is 0 Å². The maximum atomic E-state index is 12.0. The molecule has 0 aliphatic rings. The Labute approximate surface area is 144 Å². The quantitative estimate of drug-likeness (QED) is 0.766. The third-order valence-electron chi connectivity index (χ3n) is 2.95. The van der Waals surface area contributed by atoms with Gasteiger partial charge < -0.3 is 10.1 Å². The first-order chi connectivity index (χ1) is 10.4. The average molecular weight is 359 g/mol. The summed E-state index contributed by atoms with van der Waals surface area (Å²) in [5.74, 6) is 0.409. The lowest BCUT2D eigenvalue weighted by atomic mass is 10.1. The van der Waals surface area contributed by atoms with E-state index in [0.29, 0.717) is 11.3 Å². The number of halogens is 3. The Morgan fingerprint density at radius 2 is 1.64 bits per heavy atom. The van der Waals surface area contributed by atoms with Gasteiger partial charge in [0, 0.05) is 0 Å². The number of benzene rings is 2. The molecule has 1 amide bonds. The molecule has 0 spiro atoms. The molecule has 0 heterocycles. The van der Waals surface area contributed by atoms with Gasteiger partial charge in [0.25, 0.3) is 0 Å². The van der Waals surface area contributed by atoms with Crippen LogP contribution in [0.5, 0.6) is 5.75 Å². The lowest BCUT2D eigenvalue weighted by Gasteiger charge is -2.25. The molecule has 0 unspecified atom stereocenters. The van der Waals surface area contributed by atoms with Crippen molar-refractivity contribution in [2.45, 2.75) is 16.8 Å². The molecule has 0 fully saturated rings. The standard InChI is InChI=1S/C16H14Cl3NO2/c1-11-7-9-12(10-8-11)14(16(17,18)19)20-15(21)22-13-5-3-2-4-6-13/h2-10,14H,1H3,(H,20,21)/t14-/m1/s1. The van der Waals surface area contributed by atoms with Gasteiger partial charge in [-0.2, -0.15) is 0 Å². The predicted octanol–water partition coefficient (Wildman–Crippen LogP) is 5.19. The molecule has 0 saturated heterocycles. The molecular formula is C16H14Cl3NO2. The minimum Gasteiger partial charge on any atom is -0.410 e. The van der Waals surface area contributed by atoms with E-state index in [1.54, 1.807) is 36.4 Å². The lowest BCUT2D eigenvalue weighted by molar-refractivity contribution is 0.196. The lowest BCUT2D eigenvalue weighted by Crippen LogP contribution is -2.38. The largest absolute Gasteiger partial charge is 0.413 e. The van der Waals surface area contributed by atoms with Gasteiger partial charge in [-0.05, 0) is 24.6 Å². The summed E-state index contributed by atoms with van der Waals surface area (Å²) in [7, 11) is 0. The minimum absolute atomic E-state index is 0.409. The fraction of sp³-hybridized carbons (Fsp3) is 0.188. The highest BCUT2D eigenvalue weighted by Crippen LogP contribution is 2.39. The third-order valence-corrected chi connectivity index (χ3v) is 3.61. The number of carbonyl (C=O) groups excluding carboxylic acids is 1. The van der Waals surface area contributed by atoms with E-state index in [9.17, 15) is 4.79 Å². The summed E-state index contributed by atoms with van der Waals surface area (Å²) in [5.41, 5.74) is 1.74. The molecule has 2 aromatic rings. The minimum atomic E-state index is -1.70. The molecule has 1 N–H and O–H groups in total. The maximum Gasteiger partial charge on any atom is 0.413 e. The molecule has 6 heteroatoms. The molecule has 2 rings (SSSR count). The summed E-state index contributed by atoms with van der Waals surface area (Å²) < 4.78 is 3.46. The molecule has 1 atom stereocenters. The summed E-state index contributed by atoms with van der Waals surface area (Å²) in [4.78, 5) is 12.0. The number of rotatable bonds is 3. The molecule has 0 aromatic heterocycles. The van der Waals surface area contributed by atoms with E-state index in [0.717, 1.165) is 5.56 Å². The highest BCUT2D eigenvalue weighted by molar-refractivity contribution is 6.68. The van der Waals surface area contributed by atoms with Crippen molar-refractivity contribution in [1.29, 1.82) is 0 Å². The molecule has 0 radical (unpaired) electrons. The SMILES string of the molecule is Cc1ccc([C@@H](NC(=O)Oc2ccccc2)C(Cl)(Cl)Cl)cc1. The number of aryl methyl sites for hydroxylation is 1. The Bertz CT molecular complexity index is 624. The first kappa shape index (κ1) is 16.9. The molecule has 0 bridgehead atoms. The van der Waals surface area contributed by atoms with Crippen LogP contribution in [0.15, 0.2) is 54.6 Å². The monoisotopic (exact) mass is 357 g/mol. The van der Waals surface area contributed by atoms with Crippen molar-refractivity contribution in [3.63, 3.8) is 0 Å². The topological polar surface area (TPSA) is 38.3 Å². The maximum absolute atomic E-state index is 12.0. The second-order valence-electron chi connectivity index (χ2n) is 4.73. The number of alkyl halides is 3. The summed E-state index contributed by atoms with van der Waals surface area (Å²) in [6, 6.07) is 15.2. The predicted molar refractivity (Wildman–Crippen MR) is 89.8 cm³/mol. The van der Waals surface area contributed by atoms with Gasteiger partial charge >= 0.3 is 6.09 Å². The van der Waals surface area contributed by atoms with Gasteiger partial charge in [-0.15, -0.1) is 0 Å². The number of hydrogen-bond acceptors (Lipinski definition) is 2. The van der Waals surface area contributed by atoms with Crippen LogP contribution in [0.3, 0.4) is 0 Å². The molecule has 0 aliphatic heterocycles. The molecule has 3 nitrogen and oxygen atoms in total. The molecule has 2 aromatic carbocycles. The molecule has 0 saturated carbocycles. The second-order valence-corrected chi connectivity index (χ2v) is 7.10. The summed E-state index contributed by atoms with van der Waals surface area (Å²) in [6.45, 7) is 1.95. The first-order valence-electron chi connectivity index (χ1n) is 6.53. The van der Waals surface area contributed by atoms with Crippen LogP contribution in [0.1, 0.15) is 17.2 Å². The van der Waals surface area contributed by atoms with Gasteiger partial charge in [-0.25, -0.2) is 4.79 Å². The van der Waals surface area contributed by atoms with Crippen LogP contribution in [0.25, 0.3) is 0 Å². The molecular weight excluding hydrogens is 345 g/mol. The van der Waals surface area contributed by atoms with E-state index in [2.05, 4.69) is 5.32 Å². The number of ether oxygens (including phenoxy) is 1. The van der Waals surface area contributed by atoms with Crippen molar-refractivity contribution in [2.75, 3.05) is 0 Å². The van der Waals surface area contributed by atoms with Crippen LogP contribution < -0.4 is 10.1 Å². The van der Waals surface area contributed by atoms with Gasteiger partial charge in [-0.3, -0.25) is 0 Å². The number of carbonyl (C=O) groups is 1. The van der Waals surface area contributed by atoms with Crippen LogP contribution >= 0.6 is 34.8 Å². The van der Waals surface area contributed by atoms with Crippen LogP contribution in [-0.2, 0) is 0 Å². The van der Waals surface area contributed by atoms with Crippen LogP contribution in [-0.4, -0.2) is 9.89 Å². The van der Waals surface area contributed by atoms with E-state index >= 15 is 0 Å². The van der Waals surface area contributed by atoms with E-state index < -0.39 is 15.9 Å². The number of nitrogens with one attached hydrogen (secondary N) is 1. The van der Waals surface area contributed by atoms with Crippen molar-refractivity contribution >= 4 is 40.9 Å². The summed E-state index contributed by atoms with van der Waals surface area (Å²) in [6.07, 6.45) is -0.692. The zero-order chi connectivity index (χ0) is 16.2. The van der Waals surface area contributed by atoms with E-state index in [1.165, 1.54) is 0 Å². The molecule has 116 valence electrons. The normalized spacial score (nSPS) is 12.5. The first-order valence-corrected chi connectivity index (χ1v) is 7.66. The van der Waals surface area contributed by atoms with Gasteiger partial charge in [0.15, 0.2) is 0 Å². The average Bonchev–Trinajstić information content (AvgIpc) is 2.46. The highest BCUT2D eigenvalue weighted by Gasteiger charge is 2.35. The Kier molecular flexibility index (Phi) is 5.57. The Balaban J connectivity index is 2.13. The fourth-order valence-electron chi connectivity index (χ4n) is 1.86. The smallest absolute Gasteiger partial charge is 0.410 e. The van der Waals surface area contributed by atoms with E-state index in [-0.39, 0.29) is 0 Å². The van der Waals surface area contributed by atoms with Crippen molar-refractivity contribution < 1.29 is 9.53 Å². The van der Waals surface area contributed by atoms with Crippen molar-refractivity contribution in [1.82, 2.24) is 5.32 Å². The fourth-order valence-corrected chi connectivity index (χ4v) is 2.40. The second kappa shape index (κ2) is 7.23. The Morgan fingerprint density at radius 1 is 1.05 bits per heavy atom. The Hall–Kier alpha value is -1.42. The van der Waals surface area contributed by atoms with Crippen LogP contribution in [0.4, 0.5) is 4.79 Å². The van der Waals surface area contributed by atoms with Gasteiger partial charge in [0.05, 0.1) is 0 Å². The van der Waals surface area contributed by atoms with Gasteiger partial charge in [-0.1, -0.05) is 82.8 Å². The summed E-state index contributed by atoms with van der Waals surface area (Å²) in [5, 5.41) is 2.58. The van der Waals surface area contributed by atoms with Crippen molar-refractivity contribution in [3.05, 3.63) is 65.7 Å². The number of amides is 1. The van der Waals surface area contributed by atoms with E-state index in [1.807, 2.05) is 25.1 Å². The third kappa shape index (κ3) is 4.80. The Morgan fingerprint density at radius 3 is 2.18 bits per heavy atom. The van der Waals surface area contributed by atoms with Crippen molar-refractivity contribution in [2.24, 2.45) is 0 Å². The zero-order valence-corrected chi connectivity index (χ0v) is 14.0. The summed E-state index contributed by atoms with van der Waals surface area (Å²) >= 11 is 17.9. The highest BCUT2D eigenvalue weighted by atomic mass is 35.6. The zero-order valence-electron chi connectivity index (χ0n) is 11.7. The van der Waals surface area contributed by atoms with E-state index in [4.69, 9.17) is 39.5 Å². The van der Waals surface area contributed by atoms with Crippen molar-refractivity contribution in [3.8, 4) is 5.75 Å².